The van der Waals surface area contributed by atoms with E-state index in [0.717, 1.165) is 19.4 Å². The van der Waals surface area contributed by atoms with Gasteiger partial charge in [0.05, 0.1) is 5.69 Å². The third kappa shape index (κ3) is 4.72. The number of nitrogens with one attached hydrogen (secondary N) is 2. The second-order valence-electron chi connectivity index (χ2n) is 4.45. The van der Waals surface area contributed by atoms with E-state index in [0.29, 0.717) is 11.4 Å². The number of nitrogens with two attached hydrogens (primary N) is 1. The Kier molecular flexibility index (Phi) is 6.11. The average molecular weight is 285 g/mol. The van der Waals surface area contributed by atoms with Crippen molar-refractivity contribution in [2.75, 3.05) is 24.6 Å². The molecule has 6 heteroatoms. The number of anilines is 2. The van der Waals surface area contributed by atoms with E-state index in [2.05, 4.69) is 17.0 Å². The molecular weight excluding hydrogens is 262 g/mol. The zero-order valence-electron chi connectivity index (χ0n) is 11.6. The summed E-state index contributed by atoms with van der Waals surface area (Å²) < 4.78 is 26.1. The van der Waals surface area contributed by atoms with Crippen molar-refractivity contribution in [3.05, 3.63) is 18.2 Å². The third-order valence-electron chi connectivity index (χ3n) is 2.91. The van der Waals surface area contributed by atoms with Crippen LogP contribution in [0.2, 0.25) is 0 Å². The lowest BCUT2D eigenvalue weighted by Crippen LogP contribution is -2.20. The number of unbranched alkanes of at least 4 members (excludes halogenated alkanes) is 3. The van der Waals surface area contributed by atoms with Crippen LogP contribution in [0.3, 0.4) is 0 Å². The minimum atomic E-state index is -3.49. The molecule has 0 aliphatic heterocycles. The summed E-state index contributed by atoms with van der Waals surface area (Å²) in [6, 6.07) is 4.88. The number of sulfonamides is 1. The van der Waals surface area contributed by atoms with Crippen molar-refractivity contribution in [2.45, 2.75) is 37.5 Å². The molecule has 0 fully saturated rings. The lowest BCUT2D eigenvalue weighted by molar-refractivity contribution is 0.588. The summed E-state index contributed by atoms with van der Waals surface area (Å²) >= 11 is 0. The van der Waals surface area contributed by atoms with Crippen molar-refractivity contribution in [1.82, 2.24) is 4.72 Å². The molecule has 108 valence electrons. The molecule has 0 atom stereocenters. The van der Waals surface area contributed by atoms with Crippen molar-refractivity contribution in [3.63, 3.8) is 0 Å². The lowest BCUT2D eigenvalue weighted by atomic mass is 10.2. The van der Waals surface area contributed by atoms with Crippen molar-refractivity contribution in [3.8, 4) is 0 Å². The lowest BCUT2D eigenvalue weighted by Gasteiger charge is -2.12. The van der Waals surface area contributed by atoms with Gasteiger partial charge >= 0.3 is 0 Å². The smallest absolute Gasteiger partial charge is 0.242 e. The minimum Gasteiger partial charge on any atom is -0.399 e. The van der Waals surface area contributed by atoms with Gasteiger partial charge in [0.25, 0.3) is 0 Å². The fourth-order valence-electron chi connectivity index (χ4n) is 1.79. The Morgan fingerprint density at radius 1 is 1.21 bits per heavy atom. The molecule has 1 rings (SSSR count). The van der Waals surface area contributed by atoms with Crippen molar-refractivity contribution >= 4 is 21.4 Å². The summed E-state index contributed by atoms with van der Waals surface area (Å²) in [5, 5.41) is 3.17. The number of hydrogen-bond donors (Lipinski definition) is 3. The van der Waals surface area contributed by atoms with Crippen LogP contribution in [-0.2, 0) is 10.0 Å². The highest BCUT2D eigenvalue weighted by atomic mass is 32.2. The molecule has 0 radical (unpaired) electrons. The summed E-state index contributed by atoms with van der Waals surface area (Å²) in [5.41, 5.74) is 6.69. The van der Waals surface area contributed by atoms with Crippen molar-refractivity contribution in [2.24, 2.45) is 0 Å². The molecule has 0 bridgehead atoms. The second kappa shape index (κ2) is 7.35. The van der Waals surface area contributed by atoms with Crippen molar-refractivity contribution in [1.29, 1.82) is 0 Å². The third-order valence-corrected chi connectivity index (χ3v) is 4.36. The van der Waals surface area contributed by atoms with Crippen LogP contribution in [0.15, 0.2) is 23.1 Å². The Bertz CT molecular complexity index is 501. The Hall–Kier alpha value is -1.27. The number of hydrogen-bond acceptors (Lipinski definition) is 4. The van der Waals surface area contributed by atoms with E-state index in [-0.39, 0.29) is 4.90 Å². The fraction of sp³-hybridized carbons (Fsp3) is 0.538. The molecule has 1 aromatic rings. The van der Waals surface area contributed by atoms with Crippen LogP contribution in [0, 0.1) is 0 Å². The molecule has 1 aromatic carbocycles. The van der Waals surface area contributed by atoms with E-state index >= 15 is 0 Å². The van der Waals surface area contributed by atoms with Crippen LogP contribution >= 0.6 is 0 Å². The van der Waals surface area contributed by atoms with Gasteiger partial charge in [0.2, 0.25) is 10.0 Å². The van der Waals surface area contributed by atoms with Crippen LogP contribution in [0.25, 0.3) is 0 Å². The first-order valence-electron chi connectivity index (χ1n) is 6.58. The van der Waals surface area contributed by atoms with Gasteiger partial charge in [0.15, 0.2) is 0 Å². The molecule has 19 heavy (non-hydrogen) atoms. The van der Waals surface area contributed by atoms with Gasteiger partial charge in [-0.25, -0.2) is 13.1 Å². The molecule has 0 aliphatic rings. The SMILES string of the molecule is CCCCCCNc1ccc(N)cc1S(=O)(=O)NC. The molecule has 0 heterocycles. The normalized spacial score (nSPS) is 11.5. The first-order chi connectivity index (χ1) is 9.01. The molecule has 0 spiro atoms. The first kappa shape index (κ1) is 15.8. The number of rotatable bonds is 8. The van der Waals surface area contributed by atoms with Crippen LogP contribution < -0.4 is 15.8 Å². The summed E-state index contributed by atoms with van der Waals surface area (Å²) in [6.07, 6.45) is 4.55. The van der Waals surface area contributed by atoms with Gasteiger partial charge in [0.1, 0.15) is 4.90 Å². The molecule has 5 nitrogen and oxygen atoms in total. The van der Waals surface area contributed by atoms with Crippen LogP contribution in [-0.4, -0.2) is 22.0 Å². The van der Waals surface area contributed by atoms with Gasteiger partial charge in [-0.3, -0.25) is 0 Å². The number of benzene rings is 1. The zero-order valence-corrected chi connectivity index (χ0v) is 12.4. The standard InChI is InChI=1S/C13H23N3O2S/c1-3-4-5-6-9-16-12-8-7-11(14)10-13(12)19(17,18)15-2/h7-8,10,15-16H,3-6,9,14H2,1-2H3. The van der Waals surface area contributed by atoms with Crippen LogP contribution in [0.4, 0.5) is 11.4 Å². The first-order valence-corrected chi connectivity index (χ1v) is 8.06. The molecule has 0 unspecified atom stereocenters. The van der Waals surface area contributed by atoms with Crippen LogP contribution in [0.1, 0.15) is 32.6 Å². The Morgan fingerprint density at radius 2 is 1.95 bits per heavy atom. The predicted octanol–water partition coefficient (Wildman–Crippen LogP) is 2.17. The van der Waals surface area contributed by atoms with Gasteiger partial charge in [-0.2, -0.15) is 0 Å². The Morgan fingerprint density at radius 3 is 2.58 bits per heavy atom. The van der Waals surface area contributed by atoms with Gasteiger partial charge in [-0.15, -0.1) is 0 Å². The quantitative estimate of drug-likeness (QED) is 0.505. The number of nitrogen functional groups attached to an aromatic ring is 1. The van der Waals surface area contributed by atoms with E-state index < -0.39 is 10.0 Å². The maximum absolute atomic E-state index is 11.9. The monoisotopic (exact) mass is 285 g/mol. The van der Waals surface area contributed by atoms with Gasteiger partial charge < -0.3 is 11.1 Å². The summed E-state index contributed by atoms with van der Waals surface area (Å²) in [5.74, 6) is 0. The largest absolute Gasteiger partial charge is 0.399 e. The molecule has 0 amide bonds. The van der Waals surface area contributed by atoms with Gasteiger partial charge in [-0.1, -0.05) is 26.2 Å². The highest BCUT2D eigenvalue weighted by molar-refractivity contribution is 7.89. The minimum absolute atomic E-state index is 0.200. The summed E-state index contributed by atoms with van der Waals surface area (Å²) in [4.78, 5) is 0.200. The summed E-state index contributed by atoms with van der Waals surface area (Å²) in [7, 11) is -2.10. The van der Waals surface area contributed by atoms with Gasteiger partial charge in [-0.05, 0) is 31.7 Å². The topological polar surface area (TPSA) is 84.2 Å². The van der Waals surface area contributed by atoms with Crippen molar-refractivity contribution < 1.29 is 8.42 Å². The maximum atomic E-state index is 11.9. The van der Waals surface area contributed by atoms with Crippen LogP contribution in [0.5, 0.6) is 0 Å². The Balaban J connectivity index is 2.78. The predicted molar refractivity (Wildman–Crippen MR) is 79.7 cm³/mol. The maximum Gasteiger partial charge on any atom is 0.242 e. The van der Waals surface area contributed by atoms with E-state index in [9.17, 15) is 8.42 Å². The second-order valence-corrected chi connectivity index (χ2v) is 6.31. The fourth-order valence-corrected chi connectivity index (χ4v) is 2.73. The van der Waals surface area contributed by atoms with E-state index in [1.165, 1.54) is 26.0 Å². The van der Waals surface area contributed by atoms with E-state index in [1.54, 1.807) is 12.1 Å². The molecular formula is C13H23N3O2S. The average Bonchev–Trinajstić information content (AvgIpc) is 2.40. The highest BCUT2D eigenvalue weighted by Crippen LogP contribution is 2.23. The Labute approximate surface area is 115 Å². The van der Waals surface area contributed by atoms with E-state index in [1.807, 2.05) is 0 Å². The molecule has 0 saturated carbocycles. The molecule has 0 aromatic heterocycles. The van der Waals surface area contributed by atoms with E-state index in [4.69, 9.17) is 5.73 Å². The summed E-state index contributed by atoms with van der Waals surface area (Å²) in [6.45, 7) is 2.92. The zero-order chi connectivity index (χ0) is 14.3. The van der Waals surface area contributed by atoms with Gasteiger partial charge in [0, 0.05) is 12.2 Å². The molecule has 0 saturated heterocycles. The highest BCUT2D eigenvalue weighted by Gasteiger charge is 2.16. The molecule has 4 N–H and O–H groups in total. The molecule has 0 aliphatic carbocycles.